The van der Waals surface area contributed by atoms with Gasteiger partial charge in [0.15, 0.2) is 0 Å². The van der Waals surface area contributed by atoms with Gasteiger partial charge in [0, 0.05) is 36.6 Å². The van der Waals surface area contributed by atoms with Crippen molar-refractivity contribution >= 4 is 26.6 Å². The van der Waals surface area contributed by atoms with Gasteiger partial charge in [0.25, 0.3) is 10.0 Å². The molecule has 1 aromatic carbocycles. The largest absolute Gasteiger partial charge is 0.277 e. The van der Waals surface area contributed by atoms with Gasteiger partial charge in [-0.1, -0.05) is 12.1 Å². The van der Waals surface area contributed by atoms with E-state index >= 15 is 0 Å². The minimum atomic E-state index is -3.78. The van der Waals surface area contributed by atoms with Crippen LogP contribution in [0.4, 0.5) is 5.69 Å². The fourth-order valence-electron chi connectivity index (χ4n) is 2.92. The zero-order valence-electron chi connectivity index (χ0n) is 14.8. The molecule has 0 amide bonds. The molecular weight excluding hydrogens is 362 g/mol. The van der Waals surface area contributed by atoms with Crippen molar-refractivity contribution in [3.8, 4) is 11.3 Å². The molecule has 4 rings (SSSR count). The van der Waals surface area contributed by atoms with Crippen molar-refractivity contribution in [1.82, 2.24) is 19.7 Å². The van der Waals surface area contributed by atoms with Crippen molar-refractivity contribution in [2.45, 2.75) is 11.8 Å². The van der Waals surface area contributed by atoms with Crippen LogP contribution in [0.25, 0.3) is 22.2 Å². The van der Waals surface area contributed by atoms with Crippen LogP contribution in [0.1, 0.15) is 5.56 Å². The molecule has 4 aromatic rings. The maximum atomic E-state index is 12.8. The van der Waals surface area contributed by atoms with E-state index < -0.39 is 10.0 Å². The van der Waals surface area contributed by atoms with Gasteiger partial charge in [0.2, 0.25) is 0 Å². The van der Waals surface area contributed by atoms with E-state index in [9.17, 15) is 8.42 Å². The summed E-state index contributed by atoms with van der Waals surface area (Å²) in [6.45, 7) is 1.94. The molecule has 27 heavy (non-hydrogen) atoms. The molecule has 0 fully saturated rings. The quantitative estimate of drug-likeness (QED) is 0.588. The van der Waals surface area contributed by atoms with Crippen molar-refractivity contribution < 1.29 is 8.42 Å². The van der Waals surface area contributed by atoms with E-state index in [0.29, 0.717) is 11.4 Å². The van der Waals surface area contributed by atoms with E-state index in [1.165, 1.54) is 12.3 Å². The lowest BCUT2D eigenvalue weighted by Crippen LogP contribution is -2.14. The van der Waals surface area contributed by atoms with Crippen LogP contribution in [-0.2, 0) is 17.1 Å². The Kier molecular flexibility index (Phi) is 4.12. The van der Waals surface area contributed by atoms with Gasteiger partial charge in [-0.2, -0.15) is 5.10 Å². The second-order valence-electron chi connectivity index (χ2n) is 6.25. The average molecular weight is 379 g/mol. The van der Waals surface area contributed by atoms with Gasteiger partial charge in [-0.05, 0) is 36.8 Å². The first kappa shape index (κ1) is 17.2. The molecule has 1 N–H and O–H groups in total. The minimum absolute atomic E-state index is 0.0889. The number of aryl methyl sites for hydroxylation is 2. The van der Waals surface area contributed by atoms with Gasteiger partial charge in [-0.3, -0.25) is 19.4 Å². The topological polar surface area (TPSA) is 89.8 Å². The molecule has 0 radical (unpaired) electrons. The molecule has 0 saturated heterocycles. The highest BCUT2D eigenvalue weighted by Gasteiger charge is 2.17. The Morgan fingerprint density at radius 2 is 1.89 bits per heavy atom. The van der Waals surface area contributed by atoms with Crippen LogP contribution in [0.15, 0.2) is 66.1 Å². The third-order valence-electron chi connectivity index (χ3n) is 4.22. The first-order valence-corrected chi connectivity index (χ1v) is 9.74. The molecule has 0 aliphatic rings. The van der Waals surface area contributed by atoms with Gasteiger partial charge in [-0.15, -0.1) is 0 Å². The number of para-hydroxylation sites is 1. The SMILES string of the molecule is Cc1cncc(-c2ccc(S(=O)(=O)Nc3cccc4cnn(C)c34)cn2)c1. The van der Waals surface area contributed by atoms with Crippen molar-refractivity contribution in [3.05, 3.63) is 66.7 Å². The highest BCUT2D eigenvalue weighted by atomic mass is 32.2. The van der Waals surface area contributed by atoms with E-state index in [1.807, 2.05) is 19.1 Å². The average Bonchev–Trinajstić information content (AvgIpc) is 3.04. The Balaban J connectivity index is 1.67. The normalized spacial score (nSPS) is 11.6. The van der Waals surface area contributed by atoms with Crippen LogP contribution in [0.5, 0.6) is 0 Å². The van der Waals surface area contributed by atoms with E-state index in [-0.39, 0.29) is 4.90 Å². The maximum Gasteiger partial charge on any atom is 0.263 e. The molecular formula is C19H17N5O2S. The maximum absolute atomic E-state index is 12.8. The van der Waals surface area contributed by atoms with Crippen molar-refractivity contribution in [1.29, 1.82) is 0 Å². The Morgan fingerprint density at radius 3 is 2.63 bits per heavy atom. The number of anilines is 1. The second kappa shape index (κ2) is 6.48. The number of sulfonamides is 1. The summed E-state index contributed by atoms with van der Waals surface area (Å²) in [5.41, 5.74) is 3.71. The summed E-state index contributed by atoms with van der Waals surface area (Å²) in [5, 5.41) is 5.03. The molecule has 3 heterocycles. The number of pyridine rings is 2. The van der Waals surface area contributed by atoms with Crippen LogP contribution in [0.3, 0.4) is 0 Å². The number of hydrogen-bond donors (Lipinski definition) is 1. The Bertz CT molecular complexity index is 1230. The first-order valence-electron chi connectivity index (χ1n) is 8.26. The monoisotopic (exact) mass is 379 g/mol. The number of nitrogens with one attached hydrogen (secondary N) is 1. The van der Waals surface area contributed by atoms with Crippen LogP contribution in [0.2, 0.25) is 0 Å². The molecule has 8 heteroatoms. The number of rotatable bonds is 4. The second-order valence-corrected chi connectivity index (χ2v) is 7.93. The molecule has 0 saturated carbocycles. The van der Waals surface area contributed by atoms with Gasteiger partial charge in [-0.25, -0.2) is 8.42 Å². The summed E-state index contributed by atoms with van der Waals surface area (Å²) in [6, 6.07) is 10.5. The van der Waals surface area contributed by atoms with Gasteiger partial charge >= 0.3 is 0 Å². The number of nitrogens with zero attached hydrogens (tertiary/aromatic N) is 4. The molecule has 0 unspecified atom stereocenters. The Morgan fingerprint density at radius 1 is 1.04 bits per heavy atom. The van der Waals surface area contributed by atoms with Crippen molar-refractivity contribution in [3.63, 3.8) is 0 Å². The van der Waals surface area contributed by atoms with Crippen LogP contribution in [-0.4, -0.2) is 28.2 Å². The van der Waals surface area contributed by atoms with Crippen LogP contribution < -0.4 is 4.72 Å². The lowest BCUT2D eigenvalue weighted by Gasteiger charge is -2.10. The fourth-order valence-corrected chi connectivity index (χ4v) is 3.94. The van der Waals surface area contributed by atoms with Crippen molar-refractivity contribution in [2.75, 3.05) is 4.72 Å². The fraction of sp³-hybridized carbons (Fsp3) is 0.105. The molecule has 3 aromatic heterocycles. The third kappa shape index (κ3) is 3.26. The van der Waals surface area contributed by atoms with Gasteiger partial charge < -0.3 is 0 Å². The summed E-state index contributed by atoms with van der Waals surface area (Å²) >= 11 is 0. The number of aromatic nitrogens is 4. The lowest BCUT2D eigenvalue weighted by molar-refractivity contribution is 0.601. The van der Waals surface area contributed by atoms with E-state index in [2.05, 4.69) is 19.8 Å². The molecule has 0 atom stereocenters. The smallest absolute Gasteiger partial charge is 0.263 e. The van der Waals surface area contributed by atoms with Crippen LogP contribution >= 0.6 is 0 Å². The number of benzene rings is 1. The predicted octanol–water partition coefficient (Wildman–Crippen LogP) is 3.14. The van der Waals surface area contributed by atoms with E-state index in [1.54, 1.807) is 48.5 Å². The summed E-state index contributed by atoms with van der Waals surface area (Å²) in [5.74, 6) is 0. The number of fused-ring (bicyclic) bond motifs is 1. The summed E-state index contributed by atoms with van der Waals surface area (Å²) < 4.78 is 29.8. The zero-order chi connectivity index (χ0) is 19.0. The van der Waals surface area contributed by atoms with Crippen LogP contribution in [0, 0.1) is 6.92 Å². The first-order chi connectivity index (χ1) is 12.9. The lowest BCUT2D eigenvalue weighted by atomic mass is 10.1. The summed E-state index contributed by atoms with van der Waals surface area (Å²) in [7, 11) is -2.01. The summed E-state index contributed by atoms with van der Waals surface area (Å²) in [6.07, 6.45) is 6.50. The highest BCUT2D eigenvalue weighted by molar-refractivity contribution is 7.92. The molecule has 0 spiro atoms. The highest BCUT2D eigenvalue weighted by Crippen LogP contribution is 2.25. The van der Waals surface area contributed by atoms with Gasteiger partial charge in [0.1, 0.15) is 4.90 Å². The minimum Gasteiger partial charge on any atom is -0.277 e. The predicted molar refractivity (Wildman–Crippen MR) is 104 cm³/mol. The van der Waals surface area contributed by atoms with E-state index in [4.69, 9.17) is 0 Å². The molecule has 0 aliphatic carbocycles. The molecule has 0 bridgehead atoms. The Labute approximate surface area is 156 Å². The zero-order valence-corrected chi connectivity index (χ0v) is 15.6. The standard InChI is InChI=1S/C19H17N5O2S/c1-13-8-15(10-20-9-13)17-7-6-16(12-21-17)27(25,26)23-18-5-3-4-14-11-22-24(2)19(14)18/h3-12,23H,1-2H3. The molecule has 0 aliphatic heterocycles. The van der Waals surface area contributed by atoms with Gasteiger partial charge in [0.05, 0.1) is 23.1 Å². The summed E-state index contributed by atoms with van der Waals surface area (Å²) in [4.78, 5) is 8.52. The third-order valence-corrected chi connectivity index (χ3v) is 5.57. The molecule has 7 nitrogen and oxygen atoms in total. The number of hydrogen-bond acceptors (Lipinski definition) is 5. The van der Waals surface area contributed by atoms with E-state index in [0.717, 1.165) is 22.0 Å². The molecule has 136 valence electrons. The van der Waals surface area contributed by atoms with Crippen molar-refractivity contribution in [2.24, 2.45) is 7.05 Å². The Hall–Kier alpha value is -3.26.